The lowest BCUT2D eigenvalue weighted by Crippen LogP contribution is -2.54. The fourth-order valence-electron chi connectivity index (χ4n) is 5.70. The van der Waals surface area contributed by atoms with Crippen molar-refractivity contribution >= 4 is 22.5 Å². The maximum Gasteiger partial charge on any atom is 0.406 e. The summed E-state index contributed by atoms with van der Waals surface area (Å²) in [6.07, 6.45) is -2.16. The lowest BCUT2D eigenvalue weighted by Gasteiger charge is -2.42. The molecule has 250 valence electrons. The molecule has 0 bridgehead atoms. The van der Waals surface area contributed by atoms with Crippen molar-refractivity contribution in [3.05, 3.63) is 48.1 Å². The van der Waals surface area contributed by atoms with Gasteiger partial charge in [-0.1, -0.05) is 11.2 Å². The molecule has 0 radical (unpaired) electrons. The van der Waals surface area contributed by atoms with Crippen molar-refractivity contribution in [2.75, 3.05) is 32.1 Å². The number of ether oxygens (including phenoxy) is 1. The molecule has 2 N–H and O–H groups in total. The van der Waals surface area contributed by atoms with Gasteiger partial charge in [0.2, 0.25) is 11.7 Å². The topological polar surface area (TPSA) is 115 Å². The number of hydrogen-bond donors (Lipinski definition) is 2. The van der Waals surface area contributed by atoms with Gasteiger partial charge in [-0.2, -0.15) is 23.3 Å². The van der Waals surface area contributed by atoms with E-state index in [4.69, 9.17) is 9.26 Å². The number of rotatable bonds is 10. The van der Waals surface area contributed by atoms with Crippen molar-refractivity contribution < 1.29 is 31.6 Å². The van der Waals surface area contributed by atoms with Crippen LogP contribution in [-0.4, -0.2) is 86.0 Å². The molecule has 5 rings (SSSR count). The molecule has 1 fully saturated rings. The Kier molecular flexibility index (Phi) is 9.19. The number of piperidine rings is 1. The number of fused-ring (bicyclic) bond motifs is 1. The van der Waals surface area contributed by atoms with Crippen LogP contribution in [0.1, 0.15) is 57.3 Å². The van der Waals surface area contributed by atoms with Crippen LogP contribution >= 0.6 is 0 Å². The van der Waals surface area contributed by atoms with Gasteiger partial charge in [-0.05, 0) is 59.2 Å². The van der Waals surface area contributed by atoms with E-state index in [2.05, 4.69) is 30.8 Å². The molecule has 1 aliphatic rings. The molecule has 3 aromatic heterocycles. The molecule has 1 unspecified atom stereocenters. The fourth-order valence-corrected chi connectivity index (χ4v) is 5.70. The van der Waals surface area contributed by atoms with Crippen LogP contribution in [0.4, 0.5) is 23.2 Å². The summed E-state index contributed by atoms with van der Waals surface area (Å²) < 4.78 is 69.8. The average Bonchev–Trinajstić information content (AvgIpc) is 3.71. The summed E-state index contributed by atoms with van der Waals surface area (Å²) in [7, 11) is 1.58. The first-order valence-electron chi connectivity index (χ1n) is 15.1. The van der Waals surface area contributed by atoms with Gasteiger partial charge >= 0.3 is 6.18 Å². The SMILES string of the molecule is COCC(C)(C)n1cc(C(=O)NCc2nc(-c3cc4c(NC5CCN(C(C)(C)C)C[C@@H]5F)cccc4n3CC(F)(F)F)no2)cn1. The van der Waals surface area contributed by atoms with Crippen molar-refractivity contribution in [2.45, 2.75) is 83.6 Å². The maximum atomic E-state index is 15.3. The summed E-state index contributed by atoms with van der Waals surface area (Å²) in [6.45, 7) is 9.82. The molecule has 0 saturated carbocycles. The molecule has 11 nitrogen and oxygen atoms in total. The molecule has 1 amide bonds. The highest BCUT2D eigenvalue weighted by Crippen LogP contribution is 2.35. The van der Waals surface area contributed by atoms with Crippen LogP contribution in [0.25, 0.3) is 22.4 Å². The number of amides is 1. The average molecular weight is 649 g/mol. The zero-order valence-corrected chi connectivity index (χ0v) is 26.8. The minimum absolute atomic E-state index is 0.00324. The molecule has 2 atom stereocenters. The minimum atomic E-state index is -4.54. The summed E-state index contributed by atoms with van der Waals surface area (Å²) in [5, 5.41) is 14.6. The Morgan fingerprint density at radius 3 is 2.61 bits per heavy atom. The fraction of sp³-hybridized carbons (Fsp3) is 0.548. The standard InChI is InChI=1S/C31H40F4N8O3/c1-29(2,3)41-11-10-23(21(32)16-41)38-22-8-7-9-24-20(22)12-25(42(24)17-31(33,34)35)27-39-26(46-40-27)14-36-28(44)19-13-37-43(15-19)30(4,5)18-45-6/h7-9,12-13,15,21,23,38H,10-11,14,16-18H2,1-6H3,(H,36,44)/t21-,23?/m0/s1. The summed E-state index contributed by atoms with van der Waals surface area (Å²) in [5.74, 6) is -0.518. The third-order valence-electron chi connectivity index (χ3n) is 8.17. The number of halogens is 4. The predicted molar refractivity (Wildman–Crippen MR) is 164 cm³/mol. The maximum absolute atomic E-state index is 15.3. The lowest BCUT2D eigenvalue weighted by molar-refractivity contribution is -0.139. The quantitative estimate of drug-likeness (QED) is 0.220. The molecule has 4 aromatic rings. The van der Waals surface area contributed by atoms with E-state index in [0.717, 1.165) is 4.57 Å². The number of methoxy groups -OCH3 is 1. The van der Waals surface area contributed by atoms with Crippen LogP contribution in [0.2, 0.25) is 0 Å². The Morgan fingerprint density at radius 1 is 1.17 bits per heavy atom. The number of alkyl halides is 4. The first-order valence-corrected chi connectivity index (χ1v) is 15.1. The minimum Gasteiger partial charge on any atom is -0.382 e. The van der Waals surface area contributed by atoms with Crippen LogP contribution in [0.15, 0.2) is 41.2 Å². The van der Waals surface area contributed by atoms with Gasteiger partial charge in [-0.15, -0.1) is 0 Å². The monoisotopic (exact) mass is 648 g/mol. The van der Waals surface area contributed by atoms with Crippen molar-refractivity contribution in [1.29, 1.82) is 0 Å². The number of hydrogen-bond acceptors (Lipinski definition) is 8. The number of likely N-dealkylation sites (tertiary alicyclic amines) is 1. The first kappa shape index (κ1) is 33.4. The second kappa shape index (κ2) is 12.7. The zero-order chi connectivity index (χ0) is 33.4. The van der Waals surface area contributed by atoms with Gasteiger partial charge in [0.25, 0.3) is 5.91 Å². The molecule has 1 saturated heterocycles. The molecule has 0 aliphatic carbocycles. The number of carbonyl (C=O) groups is 1. The van der Waals surface area contributed by atoms with Crippen molar-refractivity contribution in [2.24, 2.45) is 0 Å². The zero-order valence-electron chi connectivity index (χ0n) is 26.8. The number of benzene rings is 1. The number of nitrogens with one attached hydrogen (secondary N) is 2. The molecular weight excluding hydrogens is 608 g/mol. The van der Waals surface area contributed by atoms with E-state index in [0.29, 0.717) is 36.2 Å². The van der Waals surface area contributed by atoms with Crippen LogP contribution in [0.5, 0.6) is 0 Å². The van der Waals surface area contributed by atoms with E-state index in [1.165, 1.54) is 6.20 Å². The Labute approximate surface area is 264 Å². The number of aromatic nitrogens is 5. The van der Waals surface area contributed by atoms with Gasteiger partial charge in [0.1, 0.15) is 12.7 Å². The molecule has 1 aliphatic heterocycles. The highest BCUT2D eigenvalue weighted by Gasteiger charge is 2.35. The van der Waals surface area contributed by atoms with Crippen molar-refractivity contribution in [3.8, 4) is 11.5 Å². The normalized spacial score (nSPS) is 18.3. The predicted octanol–water partition coefficient (Wildman–Crippen LogP) is 5.38. The third-order valence-corrected chi connectivity index (χ3v) is 8.17. The molecule has 15 heteroatoms. The molecule has 46 heavy (non-hydrogen) atoms. The summed E-state index contributed by atoms with van der Waals surface area (Å²) >= 11 is 0. The smallest absolute Gasteiger partial charge is 0.382 e. The van der Waals surface area contributed by atoms with Gasteiger partial charge in [-0.3, -0.25) is 14.4 Å². The van der Waals surface area contributed by atoms with Crippen molar-refractivity contribution in [3.63, 3.8) is 0 Å². The van der Waals surface area contributed by atoms with Crippen molar-refractivity contribution in [1.82, 2.24) is 34.7 Å². The number of anilines is 1. The van der Waals surface area contributed by atoms with E-state index in [1.807, 2.05) is 34.6 Å². The third kappa shape index (κ3) is 7.35. The summed E-state index contributed by atoms with van der Waals surface area (Å²) in [6, 6.07) is 5.97. The Hall–Kier alpha value is -3.98. The number of carbonyl (C=O) groups excluding carboxylic acids is 1. The second-order valence-corrected chi connectivity index (χ2v) is 13.3. The van der Waals surface area contributed by atoms with E-state index in [9.17, 15) is 18.0 Å². The summed E-state index contributed by atoms with van der Waals surface area (Å²) in [5.41, 5.74) is 0.527. The summed E-state index contributed by atoms with van der Waals surface area (Å²) in [4.78, 5) is 19.1. The van der Waals surface area contributed by atoms with Gasteiger partial charge in [0, 0.05) is 43.0 Å². The highest BCUT2D eigenvalue weighted by atomic mass is 19.4. The largest absolute Gasteiger partial charge is 0.406 e. The Bertz CT molecular complexity index is 1670. The van der Waals surface area contributed by atoms with Gasteiger partial charge in [-0.25, -0.2) is 4.39 Å². The van der Waals surface area contributed by atoms with Gasteiger partial charge in [0.05, 0.1) is 47.7 Å². The van der Waals surface area contributed by atoms with E-state index >= 15 is 4.39 Å². The molecule has 1 aromatic carbocycles. The van der Waals surface area contributed by atoms with Crippen LogP contribution < -0.4 is 10.6 Å². The van der Waals surface area contributed by atoms with Gasteiger partial charge < -0.3 is 24.5 Å². The number of nitrogens with zero attached hydrogens (tertiary/aromatic N) is 6. The van der Waals surface area contributed by atoms with Crippen LogP contribution in [-0.2, 0) is 23.4 Å². The molecule has 0 spiro atoms. The molecular formula is C31H40F4N8O3. The second-order valence-electron chi connectivity index (χ2n) is 13.3. The Morgan fingerprint density at radius 2 is 1.93 bits per heavy atom. The first-order chi connectivity index (χ1) is 21.6. The lowest BCUT2D eigenvalue weighted by atomic mass is 9.96. The van der Waals surface area contributed by atoms with Crippen LogP contribution in [0, 0.1) is 0 Å². The Balaban J connectivity index is 1.36. The van der Waals surface area contributed by atoms with E-state index < -0.39 is 36.4 Å². The van der Waals surface area contributed by atoms with Crippen LogP contribution in [0.3, 0.4) is 0 Å². The molecule has 4 heterocycles. The van der Waals surface area contributed by atoms with E-state index in [-0.39, 0.29) is 41.6 Å². The van der Waals surface area contributed by atoms with E-state index in [1.54, 1.807) is 42.3 Å². The van der Waals surface area contributed by atoms with Gasteiger partial charge in [0.15, 0.2) is 0 Å². The highest BCUT2D eigenvalue weighted by molar-refractivity contribution is 5.96.